The van der Waals surface area contributed by atoms with Gasteiger partial charge in [0.2, 0.25) is 5.91 Å². The number of halogens is 2. The Hall–Kier alpha value is -1.77. The Morgan fingerprint density at radius 2 is 2.12 bits per heavy atom. The van der Waals surface area contributed by atoms with Crippen molar-refractivity contribution in [3.05, 3.63) is 34.6 Å². The number of carbonyl (C=O) groups is 1. The van der Waals surface area contributed by atoms with Crippen molar-refractivity contribution >= 4 is 52.3 Å². The van der Waals surface area contributed by atoms with Crippen molar-refractivity contribution < 1.29 is 4.79 Å². The summed E-state index contributed by atoms with van der Waals surface area (Å²) >= 11 is 13.5. The first kappa shape index (κ1) is 19.0. The molecule has 0 aromatic carbocycles. The van der Waals surface area contributed by atoms with Gasteiger partial charge in [-0.25, -0.2) is 4.68 Å². The van der Waals surface area contributed by atoms with E-state index in [1.807, 2.05) is 0 Å². The second kappa shape index (κ2) is 7.85. The predicted octanol–water partition coefficient (Wildman–Crippen LogP) is 4.32. The van der Waals surface area contributed by atoms with Crippen LogP contribution in [0.15, 0.2) is 29.7 Å². The second-order valence-electron chi connectivity index (χ2n) is 5.85. The fraction of sp³-hybridized carbons (Fsp3) is 0.375. The Kier molecular flexibility index (Phi) is 5.74. The zero-order chi connectivity index (χ0) is 18.8. The molecule has 138 valence electrons. The van der Waals surface area contributed by atoms with E-state index in [0.29, 0.717) is 26.7 Å². The minimum atomic E-state index is -0.402. The number of hydrogen-bond acceptors (Lipinski definition) is 5. The normalized spacial score (nSPS) is 13.7. The van der Waals surface area contributed by atoms with E-state index in [1.54, 1.807) is 40.5 Å². The average molecular weight is 413 g/mol. The van der Waals surface area contributed by atoms with Crippen molar-refractivity contribution in [2.24, 2.45) is 0 Å². The van der Waals surface area contributed by atoms with Crippen molar-refractivity contribution in [3.63, 3.8) is 0 Å². The molecule has 0 spiro atoms. The van der Waals surface area contributed by atoms with Gasteiger partial charge in [0, 0.05) is 12.3 Å². The van der Waals surface area contributed by atoms with Gasteiger partial charge in [0.15, 0.2) is 10.8 Å². The minimum Gasteiger partial charge on any atom is -0.310 e. The average Bonchev–Trinajstić information content (AvgIpc) is 3.21. The van der Waals surface area contributed by atoms with Gasteiger partial charge in [0.25, 0.3) is 0 Å². The lowest BCUT2D eigenvalue weighted by Gasteiger charge is -2.16. The van der Waals surface area contributed by atoms with Gasteiger partial charge in [-0.2, -0.15) is 5.10 Å². The quantitative estimate of drug-likeness (QED) is 0.609. The van der Waals surface area contributed by atoms with Crippen molar-refractivity contribution in [3.8, 4) is 0 Å². The van der Waals surface area contributed by atoms with Gasteiger partial charge in [-0.15, -0.1) is 10.2 Å². The van der Waals surface area contributed by atoms with Gasteiger partial charge in [0.05, 0.1) is 27.5 Å². The molecule has 1 N–H and O–H groups in total. The van der Waals surface area contributed by atoms with Crippen LogP contribution >= 0.6 is 35.0 Å². The van der Waals surface area contributed by atoms with E-state index >= 15 is 0 Å². The molecule has 0 aliphatic carbocycles. The maximum absolute atomic E-state index is 12.6. The smallest absolute Gasteiger partial charge is 0.238 e. The summed E-state index contributed by atoms with van der Waals surface area (Å²) < 4.78 is 3.49. The van der Waals surface area contributed by atoms with Crippen LogP contribution in [0.4, 0.5) is 5.82 Å². The topological polar surface area (TPSA) is 77.1 Å². The molecule has 3 heterocycles. The van der Waals surface area contributed by atoms with Crippen LogP contribution in [0.2, 0.25) is 10.0 Å². The number of amides is 1. The van der Waals surface area contributed by atoms with Gasteiger partial charge >= 0.3 is 0 Å². The number of nitrogens with one attached hydrogen (secondary N) is 1. The molecule has 0 unspecified atom stereocenters. The molecule has 3 rings (SSSR count). The summed E-state index contributed by atoms with van der Waals surface area (Å²) in [6.45, 7) is 5.93. The predicted molar refractivity (Wildman–Crippen MR) is 104 cm³/mol. The highest BCUT2D eigenvalue weighted by atomic mass is 35.5. The molecule has 0 radical (unpaired) electrons. The molecule has 3 aromatic heterocycles. The zero-order valence-corrected chi connectivity index (χ0v) is 16.8. The highest BCUT2D eigenvalue weighted by Crippen LogP contribution is 2.28. The number of hydrogen-bond donors (Lipinski definition) is 1. The number of fused-ring (bicyclic) bond motifs is 1. The van der Waals surface area contributed by atoms with Crippen molar-refractivity contribution in [1.82, 2.24) is 24.4 Å². The summed E-state index contributed by atoms with van der Waals surface area (Å²) in [5.41, 5.74) is 0.501. The van der Waals surface area contributed by atoms with Crippen LogP contribution in [0.25, 0.3) is 5.65 Å². The van der Waals surface area contributed by atoms with Crippen LogP contribution < -0.4 is 5.32 Å². The van der Waals surface area contributed by atoms with Crippen LogP contribution in [0.5, 0.6) is 0 Å². The molecule has 0 fully saturated rings. The van der Waals surface area contributed by atoms with E-state index in [2.05, 4.69) is 34.5 Å². The molecule has 26 heavy (non-hydrogen) atoms. The summed E-state index contributed by atoms with van der Waals surface area (Å²) in [5.74, 6) is 0.527. The fourth-order valence-electron chi connectivity index (χ4n) is 2.36. The number of rotatable bonds is 6. The van der Waals surface area contributed by atoms with Gasteiger partial charge in [-0.3, -0.25) is 9.20 Å². The lowest BCUT2D eigenvalue weighted by molar-refractivity contribution is -0.115. The molecule has 10 heteroatoms. The Morgan fingerprint density at radius 3 is 2.85 bits per heavy atom. The van der Waals surface area contributed by atoms with E-state index in [1.165, 1.54) is 11.8 Å². The SMILES string of the molecule is CC[C@H](C)n1nccc1NC(=O)[C@H](C)Sc1nnc2c(Cl)cc(Cl)cn12. The zero-order valence-electron chi connectivity index (χ0n) is 14.5. The van der Waals surface area contributed by atoms with Crippen molar-refractivity contribution in [2.45, 2.75) is 43.6 Å². The van der Waals surface area contributed by atoms with Crippen LogP contribution in [0.3, 0.4) is 0 Å². The van der Waals surface area contributed by atoms with E-state index in [9.17, 15) is 4.79 Å². The monoisotopic (exact) mass is 412 g/mol. The van der Waals surface area contributed by atoms with E-state index in [0.717, 1.165) is 6.42 Å². The summed E-state index contributed by atoms with van der Waals surface area (Å²) in [6.07, 6.45) is 4.27. The molecule has 0 aliphatic rings. The third kappa shape index (κ3) is 3.82. The molecule has 3 aromatic rings. The highest BCUT2D eigenvalue weighted by Gasteiger charge is 2.21. The molecule has 0 bridgehead atoms. The van der Waals surface area contributed by atoms with Gasteiger partial charge in [-0.05, 0) is 26.3 Å². The third-order valence-electron chi connectivity index (χ3n) is 3.98. The third-order valence-corrected chi connectivity index (χ3v) is 5.52. The molecular formula is C16H18Cl2N6OS. The van der Waals surface area contributed by atoms with Crippen molar-refractivity contribution in [2.75, 3.05) is 5.32 Å². The molecule has 0 saturated heterocycles. The standard InChI is InChI=1S/C16H18Cl2N6OS/c1-4-9(2)24-13(5-6-19-24)20-15(25)10(3)26-16-22-21-14-12(18)7-11(17)8-23(14)16/h5-10H,4H2,1-3H3,(H,20,25)/t9-,10-/m0/s1. The largest absolute Gasteiger partial charge is 0.310 e. The van der Waals surface area contributed by atoms with Crippen LogP contribution in [0.1, 0.15) is 33.2 Å². The fourth-order valence-corrected chi connectivity index (χ4v) is 3.69. The Balaban J connectivity index is 1.75. The lowest BCUT2D eigenvalue weighted by Crippen LogP contribution is -2.25. The van der Waals surface area contributed by atoms with Gasteiger partial charge in [0.1, 0.15) is 5.82 Å². The molecule has 1 amide bonds. The second-order valence-corrected chi connectivity index (χ2v) is 8.00. The first-order valence-electron chi connectivity index (χ1n) is 8.11. The number of thioether (sulfide) groups is 1. The summed E-state index contributed by atoms with van der Waals surface area (Å²) in [5, 5.41) is 16.4. The molecule has 2 atom stereocenters. The number of nitrogens with zero attached hydrogens (tertiary/aromatic N) is 5. The van der Waals surface area contributed by atoms with E-state index in [4.69, 9.17) is 23.2 Å². The van der Waals surface area contributed by atoms with Crippen LogP contribution in [-0.2, 0) is 4.79 Å². The van der Waals surface area contributed by atoms with E-state index in [-0.39, 0.29) is 11.9 Å². The van der Waals surface area contributed by atoms with Gasteiger partial charge < -0.3 is 5.32 Å². The van der Waals surface area contributed by atoms with Crippen molar-refractivity contribution in [1.29, 1.82) is 0 Å². The number of carbonyl (C=O) groups excluding carboxylic acids is 1. The number of anilines is 1. The minimum absolute atomic E-state index is 0.148. The molecule has 7 nitrogen and oxygen atoms in total. The first-order chi connectivity index (χ1) is 12.4. The summed E-state index contributed by atoms with van der Waals surface area (Å²) in [6, 6.07) is 3.59. The summed E-state index contributed by atoms with van der Waals surface area (Å²) in [4.78, 5) is 12.6. The van der Waals surface area contributed by atoms with E-state index < -0.39 is 5.25 Å². The Morgan fingerprint density at radius 1 is 1.35 bits per heavy atom. The van der Waals surface area contributed by atoms with Gasteiger partial charge in [-0.1, -0.05) is 41.9 Å². The Bertz CT molecular complexity index is 940. The maximum Gasteiger partial charge on any atom is 0.238 e. The Labute approximate surface area is 165 Å². The summed E-state index contributed by atoms with van der Waals surface area (Å²) in [7, 11) is 0. The highest BCUT2D eigenvalue weighted by molar-refractivity contribution is 8.00. The first-order valence-corrected chi connectivity index (χ1v) is 9.75. The lowest BCUT2D eigenvalue weighted by atomic mass is 10.3. The number of aromatic nitrogens is 5. The van der Waals surface area contributed by atoms with Crippen LogP contribution in [-0.4, -0.2) is 35.5 Å². The molecule has 0 aliphatic heterocycles. The maximum atomic E-state index is 12.6. The molecule has 0 saturated carbocycles. The number of pyridine rings is 1. The van der Waals surface area contributed by atoms with Crippen LogP contribution in [0, 0.1) is 0 Å². The molecular weight excluding hydrogens is 395 g/mol.